The van der Waals surface area contributed by atoms with Gasteiger partial charge in [0.1, 0.15) is 0 Å². The highest BCUT2D eigenvalue weighted by Gasteiger charge is 2.44. The van der Waals surface area contributed by atoms with Crippen LogP contribution in [0.3, 0.4) is 0 Å². The quantitative estimate of drug-likeness (QED) is 0.695. The molecule has 2 aliphatic rings. The van der Waals surface area contributed by atoms with Crippen molar-refractivity contribution in [2.75, 3.05) is 19.6 Å². The molecule has 0 atom stereocenters. The molecule has 1 saturated heterocycles. The van der Waals surface area contributed by atoms with E-state index in [4.69, 9.17) is 0 Å². The van der Waals surface area contributed by atoms with Gasteiger partial charge in [0.25, 0.3) is 0 Å². The van der Waals surface area contributed by atoms with Gasteiger partial charge in [-0.2, -0.15) is 0 Å². The van der Waals surface area contributed by atoms with Gasteiger partial charge in [-0.3, -0.25) is 9.59 Å². The van der Waals surface area contributed by atoms with Gasteiger partial charge in [0, 0.05) is 30.4 Å². The lowest BCUT2D eigenvalue weighted by Crippen LogP contribution is -2.51. The highest BCUT2D eigenvalue weighted by atomic mass is 32.1. The highest BCUT2D eigenvalue weighted by molar-refractivity contribution is 7.13. The Balaban J connectivity index is 1.53. The van der Waals surface area contributed by atoms with Crippen molar-refractivity contribution in [1.29, 1.82) is 0 Å². The van der Waals surface area contributed by atoms with Crippen LogP contribution in [0.15, 0.2) is 54.4 Å². The molecule has 1 saturated carbocycles. The second-order valence-electron chi connectivity index (χ2n) is 8.23. The number of thiophene rings is 1. The number of amides is 2. The Kier molecular flexibility index (Phi) is 5.86. The monoisotopic (exact) mass is 408 g/mol. The molecular formula is C24H28N2O2S. The number of rotatable bonds is 7. The maximum atomic E-state index is 13.2. The minimum atomic E-state index is -0.475. The molecule has 2 heterocycles. The number of piperidine rings is 1. The number of hydrogen-bond acceptors (Lipinski definition) is 3. The van der Waals surface area contributed by atoms with E-state index in [1.54, 1.807) is 17.4 Å². The van der Waals surface area contributed by atoms with Crippen LogP contribution >= 0.6 is 11.3 Å². The third-order valence-corrected chi connectivity index (χ3v) is 7.04. The van der Waals surface area contributed by atoms with Crippen LogP contribution in [0.1, 0.15) is 31.2 Å². The van der Waals surface area contributed by atoms with Gasteiger partial charge in [-0.05, 0) is 54.7 Å². The molecule has 0 bridgehead atoms. The molecule has 5 heteroatoms. The van der Waals surface area contributed by atoms with Gasteiger partial charge in [-0.1, -0.05) is 36.4 Å². The molecule has 1 aliphatic heterocycles. The molecule has 0 unspecified atom stereocenters. The summed E-state index contributed by atoms with van der Waals surface area (Å²) in [7, 11) is 0. The number of hydrogen-bond donors (Lipinski definition) is 1. The summed E-state index contributed by atoms with van der Waals surface area (Å²) in [5, 5.41) is 5.11. The molecule has 2 amide bonds. The first-order valence-corrected chi connectivity index (χ1v) is 11.3. The first-order valence-electron chi connectivity index (χ1n) is 10.4. The van der Waals surface area contributed by atoms with E-state index >= 15 is 0 Å². The molecular weight excluding hydrogens is 380 g/mol. The van der Waals surface area contributed by atoms with Crippen molar-refractivity contribution in [3.8, 4) is 10.4 Å². The van der Waals surface area contributed by atoms with E-state index in [2.05, 4.69) is 53.7 Å². The van der Waals surface area contributed by atoms with E-state index in [0.717, 1.165) is 12.8 Å². The topological polar surface area (TPSA) is 49.4 Å². The fourth-order valence-electron chi connectivity index (χ4n) is 4.25. The van der Waals surface area contributed by atoms with Gasteiger partial charge < -0.3 is 10.2 Å². The molecule has 0 radical (unpaired) electrons. The summed E-state index contributed by atoms with van der Waals surface area (Å²) in [6, 6.07) is 12.7. The summed E-state index contributed by atoms with van der Waals surface area (Å²) in [6.07, 6.45) is 5.87. The van der Waals surface area contributed by atoms with E-state index in [1.807, 2.05) is 4.90 Å². The van der Waals surface area contributed by atoms with Crippen LogP contribution in [0, 0.1) is 11.3 Å². The maximum Gasteiger partial charge on any atom is 0.226 e. The molecule has 1 aliphatic carbocycles. The van der Waals surface area contributed by atoms with Gasteiger partial charge in [0.15, 0.2) is 0 Å². The minimum Gasteiger partial charge on any atom is -0.352 e. The van der Waals surface area contributed by atoms with Gasteiger partial charge in [-0.25, -0.2) is 0 Å². The van der Waals surface area contributed by atoms with Crippen LogP contribution < -0.4 is 5.32 Å². The first kappa shape index (κ1) is 19.9. The van der Waals surface area contributed by atoms with Gasteiger partial charge in [-0.15, -0.1) is 17.9 Å². The summed E-state index contributed by atoms with van der Waals surface area (Å²) in [5.74, 6) is 0.599. The second kappa shape index (κ2) is 8.54. The fourth-order valence-corrected chi connectivity index (χ4v) is 4.97. The van der Waals surface area contributed by atoms with Crippen LogP contribution in [-0.4, -0.2) is 36.3 Å². The summed E-state index contributed by atoms with van der Waals surface area (Å²) < 4.78 is 0. The van der Waals surface area contributed by atoms with E-state index in [-0.39, 0.29) is 17.7 Å². The van der Waals surface area contributed by atoms with Crippen molar-refractivity contribution in [3.05, 3.63) is 60.0 Å². The zero-order valence-electron chi connectivity index (χ0n) is 16.7. The molecule has 4 nitrogen and oxygen atoms in total. The largest absolute Gasteiger partial charge is 0.352 e. The van der Waals surface area contributed by atoms with Crippen LogP contribution in [0.25, 0.3) is 10.4 Å². The SMILES string of the molecule is C=CCNC(=O)C1(Cc2cccc(-c3cccs3)c2)CCN(C(=O)C2CC2)CC1. The summed E-state index contributed by atoms with van der Waals surface area (Å²) in [6.45, 7) is 5.53. The highest BCUT2D eigenvalue weighted by Crippen LogP contribution is 2.39. The molecule has 2 aromatic rings. The van der Waals surface area contributed by atoms with Gasteiger partial charge >= 0.3 is 0 Å². The second-order valence-corrected chi connectivity index (χ2v) is 9.18. The Morgan fingerprint density at radius 2 is 2.00 bits per heavy atom. The van der Waals surface area contributed by atoms with E-state index in [0.29, 0.717) is 38.9 Å². The Morgan fingerprint density at radius 1 is 1.21 bits per heavy atom. The van der Waals surface area contributed by atoms with Crippen molar-refractivity contribution in [2.24, 2.45) is 11.3 Å². The van der Waals surface area contributed by atoms with Crippen molar-refractivity contribution in [3.63, 3.8) is 0 Å². The Hall–Kier alpha value is -2.40. The number of benzene rings is 1. The Bertz CT molecular complexity index is 878. The number of nitrogens with one attached hydrogen (secondary N) is 1. The van der Waals surface area contributed by atoms with Crippen LogP contribution in [0.4, 0.5) is 0 Å². The third-order valence-electron chi connectivity index (χ3n) is 6.12. The number of nitrogens with zero attached hydrogens (tertiary/aromatic N) is 1. The van der Waals surface area contributed by atoms with Crippen LogP contribution in [0.5, 0.6) is 0 Å². The number of carbonyl (C=O) groups excluding carboxylic acids is 2. The average molecular weight is 409 g/mol. The number of carbonyl (C=O) groups is 2. The minimum absolute atomic E-state index is 0.0810. The zero-order valence-corrected chi connectivity index (χ0v) is 17.5. The molecule has 152 valence electrons. The average Bonchev–Trinajstić information content (AvgIpc) is 3.45. The standard InChI is InChI=1S/C24H28N2O2S/c1-2-12-25-23(28)24(10-13-26(14-11-24)22(27)19-8-9-19)17-18-5-3-6-20(16-18)21-7-4-15-29-21/h2-7,15-16,19H,1,8-14,17H2,(H,25,28). The molecule has 29 heavy (non-hydrogen) atoms. The smallest absolute Gasteiger partial charge is 0.226 e. The normalized spacial score (nSPS) is 18.3. The number of likely N-dealkylation sites (tertiary alicyclic amines) is 1. The first-order chi connectivity index (χ1) is 14.1. The molecule has 4 rings (SSSR count). The predicted octanol–water partition coefficient (Wildman–Crippen LogP) is 4.28. The summed E-state index contributed by atoms with van der Waals surface area (Å²) >= 11 is 1.72. The lowest BCUT2D eigenvalue weighted by Gasteiger charge is -2.41. The van der Waals surface area contributed by atoms with Crippen molar-refractivity contribution in [2.45, 2.75) is 32.1 Å². The molecule has 1 aromatic heterocycles. The van der Waals surface area contributed by atoms with E-state index in [9.17, 15) is 9.59 Å². The van der Waals surface area contributed by atoms with E-state index in [1.165, 1.54) is 16.0 Å². The third kappa shape index (κ3) is 4.45. The molecule has 1 aromatic carbocycles. The Morgan fingerprint density at radius 3 is 2.66 bits per heavy atom. The van der Waals surface area contributed by atoms with Gasteiger partial charge in [0.2, 0.25) is 11.8 Å². The van der Waals surface area contributed by atoms with Crippen LogP contribution in [0.2, 0.25) is 0 Å². The lowest BCUT2D eigenvalue weighted by atomic mass is 9.72. The summed E-state index contributed by atoms with van der Waals surface area (Å²) in [4.78, 5) is 28.8. The summed E-state index contributed by atoms with van der Waals surface area (Å²) in [5.41, 5.74) is 1.89. The Labute approximate surface area is 176 Å². The van der Waals surface area contributed by atoms with E-state index < -0.39 is 5.41 Å². The predicted molar refractivity (Wildman–Crippen MR) is 118 cm³/mol. The molecule has 2 fully saturated rings. The van der Waals surface area contributed by atoms with Crippen LogP contribution in [-0.2, 0) is 16.0 Å². The molecule has 0 spiro atoms. The maximum absolute atomic E-state index is 13.2. The lowest BCUT2D eigenvalue weighted by molar-refractivity contribution is -0.141. The van der Waals surface area contributed by atoms with Crippen molar-refractivity contribution in [1.82, 2.24) is 10.2 Å². The fraction of sp³-hybridized carbons (Fsp3) is 0.417. The molecule has 1 N–H and O–H groups in total. The van der Waals surface area contributed by atoms with Gasteiger partial charge in [0.05, 0.1) is 5.41 Å². The van der Waals surface area contributed by atoms with Crippen molar-refractivity contribution < 1.29 is 9.59 Å². The zero-order chi connectivity index (χ0) is 20.3. The van der Waals surface area contributed by atoms with Crippen molar-refractivity contribution >= 4 is 23.2 Å².